The molecule has 1 saturated heterocycles. The van der Waals surface area contributed by atoms with Crippen molar-refractivity contribution in [1.82, 2.24) is 0 Å². The first-order valence-electron chi connectivity index (χ1n) is 7.49. The van der Waals surface area contributed by atoms with Crippen molar-refractivity contribution in [2.75, 3.05) is 13.2 Å². The third kappa shape index (κ3) is 4.48. The normalized spacial score (nSPS) is 16.5. The van der Waals surface area contributed by atoms with E-state index in [1.807, 2.05) is 0 Å². The molecule has 0 radical (unpaired) electrons. The summed E-state index contributed by atoms with van der Waals surface area (Å²) >= 11 is 0. The van der Waals surface area contributed by atoms with Crippen molar-refractivity contribution < 1.29 is 22.5 Å². The van der Waals surface area contributed by atoms with Crippen LogP contribution in [0.15, 0.2) is 12.1 Å². The monoisotopic (exact) mass is 300 g/mol. The maximum Gasteiger partial charge on any atom is 0.494 e. The summed E-state index contributed by atoms with van der Waals surface area (Å²) in [6, 6.07) is 1.84. The molecule has 0 spiro atoms. The molecular weight excluding hydrogens is 280 g/mol. The lowest BCUT2D eigenvalue weighted by Gasteiger charge is -2.27. The van der Waals surface area contributed by atoms with E-state index in [2.05, 4.69) is 6.92 Å². The zero-order chi connectivity index (χ0) is 15.2. The fourth-order valence-corrected chi connectivity index (χ4v) is 2.47. The van der Waals surface area contributed by atoms with Crippen LogP contribution < -0.4 is 5.46 Å². The van der Waals surface area contributed by atoms with Gasteiger partial charge >= 0.3 is 7.12 Å². The first-order valence-corrected chi connectivity index (χ1v) is 7.49. The summed E-state index contributed by atoms with van der Waals surface area (Å²) in [5.74, 6) is -3.60. The van der Waals surface area contributed by atoms with Crippen LogP contribution in [-0.2, 0) is 9.31 Å². The third-order valence-electron chi connectivity index (χ3n) is 3.71. The van der Waals surface area contributed by atoms with Crippen LogP contribution in [0.2, 0.25) is 0 Å². The van der Waals surface area contributed by atoms with Crippen LogP contribution in [0.4, 0.5) is 13.2 Å². The molecule has 1 aliphatic heterocycles. The number of benzene rings is 1. The molecule has 0 saturated carbocycles. The average Bonchev–Trinajstić information content (AvgIpc) is 2.49. The number of rotatable bonds is 6. The molecule has 0 aliphatic carbocycles. The van der Waals surface area contributed by atoms with Crippen molar-refractivity contribution in [3.8, 4) is 0 Å². The highest BCUT2D eigenvalue weighted by Crippen LogP contribution is 2.17. The molecule has 0 atom stereocenters. The predicted molar refractivity (Wildman–Crippen MR) is 75.9 cm³/mol. The summed E-state index contributed by atoms with van der Waals surface area (Å²) in [7, 11) is -0.818. The van der Waals surface area contributed by atoms with Crippen LogP contribution in [0.1, 0.15) is 39.0 Å². The molecule has 1 fully saturated rings. The quantitative estimate of drug-likeness (QED) is 0.455. The summed E-state index contributed by atoms with van der Waals surface area (Å²) < 4.78 is 50.3. The average molecular weight is 300 g/mol. The van der Waals surface area contributed by atoms with Gasteiger partial charge < -0.3 is 9.31 Å². The summed E-state index contributed by atoms with van der Waals surface area (Å²) in [6.07, 6.45) is 5.78. The Morgan fingerprint density at radius 3 is 2.24 bits per heavy atom. The maximum atomic E-state index is 13.2. The first-order chi connectivity index (χ1) is 10.1. The summed E-state index contributed by atoms with van der Waals surface area (Å²) in [6.45, 7) is 3.16. The van der Waals surface area contributed by atoms with E-state index >= 15 is 0 Å². The van der Waals surface area contributed by atoms with Gasteiger partial charge in [-0.15, -0.1) is 0 Å². The van der Waals surface area contributed by atoms with Crippen molar-refractivity contribution in [1.29, 1.82) is 0 Å². The van der Waals surface area contributed by atoms with Crippen LogP contribution in [-0.4, -0.2) is 20.3 Å². The Morgan fingerprint density at radius 1 is 1.05 bits per heavy atom. The van der Waals surface area contributed by atoms with Crippen LogP contribution in [0.3, 0.4) is 0 Å². The summed E-state index contributed by atoms with van der Waals surface area (Å²) in [4.78, 5) is 0. The Balaban J connectivity index is 1.84. The van der Waals surface area contributed by atoms with E-state index in [-0.39, 0.29) is 5.46 Å². The van der Waals surface area contributed by atoms with Crippen LogP contribution in [0.5, 0.6) is 0 Å². The Hall–Kier alpha value is -1.01. The standard InChI is InChI=1S/C15H20BF3O2/c1-2-3-4-5-6-11-9-20-16(21-10-11)12-7-13(17)15(19)14(18)8-12/h7-8,11H,2-6,9-10H2,1H3. The topological polar surface area (TPSA) is 18.5 Å². The summed E-state index contributed by atoms with van der Waals surface area (Å²) in [5.41, 5.74) is 0.177. The smallest absolute Gasteiger partial charge is 0.407 e. The number of hydrogen-bond acceptors (Lipinski definition) is 2. The minimum atomic E-state index is -1.47. The highest BCUT2D eigenvalue weighted by Gasteiger charge is 2.30. The summed E-state index contributed by atoms with van der Waals surface area (Å²) in [5, 5.41) is 0. The Kier molecular flexibility index (Phi) is 6.12. The lowest BCUT2D eigenvalue weighted by molar-refractivity contribution is 0.0809. The van der Waals surface area contributed by atoms with Gasteiger partial charge in [-0.2, -0.15) is 0 Å². The molecule has 2 nitrogen and oxygen atoms in total. The van der Waals surface area contributed by atoms with E-state index in [0.29, 0.717) is 19.1 Å². The van der Waals surface area contributed by atoms with Crippen LogP contribution in [0.25, 0.3) is 0 Å². The molecule has 0 unspecified atom stereocenters. The Bertz CT molecular complexity index is 439. The number of halogens is 3. The second-order valence-corrected chi connectivity index (χ2v) is 5.51. The minimum absolute atomic E-state index is 0.177. The van der Waals surface area contributed by atoms with Gasteiger partial charge in [0.05, 0.1) is 0 Å². The molecule has 116 valence electrons. The molecule has 2 rings (SSSR count). The lowest BCUT2D eigenvalue weighted by atomic mass is 9.77. The third-order valence-corrected chi connectivity index (χ3v) is 3.71. The van der Waals surface area contributed by atoms with Gasteiger partial charge in [-0.05, 0) is 24.0 Å². The van der Waals surface area contributed by atoms with Gasteiger partial charge in [-0.3, -0.25) is 0 Å². The predicted octanol–water partition coefficient (Wildman–Crippen LogP) is 3.43. The molecule has 0 bridgehead atoms. The second-order valence-electron chi connectivity index (χ2n) is 5.51. The molecule has 1 heterocycles. The zero-order valence-electron chi connectivity index (χ0n) is 12.2. The maximum absolute atomic E-state index is 13.2. The largest absolute Gasteiger partial charge is 0.494 e. The molecule has 21 heavy (non-hydrogen) atoms. The first kappa shape index (κ1) is 16.4. The van der Waals surface area contributed by atoms with Gasteiger partial charge in [0, 0.05) is 19.1 Å². The zero-order valence-corrected chi connectivity index (χ0v) is 12.2. The van der Waals surface area contributed by atoms with Crippen molar-refractivity contribution >= 4 is 12.6 Å². The SMILES string of the molecule is CCCCCCC1COB(c2cc(F)c(F)c(F)c2)OC1. The fraction of sp³-hybridized carbons (Fsp3) is 0.600. The molecule has 1 aromatic rings. The molecule has 6 heteroatoms. The van der Waals surface area contributed by atoms with E-state index in [4.69, 9.17) is 9.31 Å². The van der Waals surface area contributed by atoms with Crippen molar-refractivity contribution in [2.24, 2.45) is 5.92 Å². The lowest BCUT2D eigenvalue weighted by Crippen LogP contribution is -2.44. The number of hydrogen-bond donors (Lipinski definition) is 0. The van der Waals surface area contributed by atoms with E-state index in [9.17, 15) is 13.2 Å². The highest BCUT2D eigenvalue weighted by atomic mass is 19.2. The van der Waals surface area contributed by atoms with E-state index in [0.717, 1.165) is 25.0 Å². The number of unbranched alkanes of at least 4 members (excludes halogenated alkanes) is 3. The fourth-order valence-electron chi connectivity index (χ4n) is 2.47. The van der Waals surface area contributed by atoms with Gasteiger partial charge in [0.15, 0.2) is 17.5 Å². The van der Waals surface area contributed by atoms with Crippen molar-refractivity contribution in [3.05, 3.63) is 29.6 Å². The molecule has 1 aliphatic rings. The van der Waals surface area contributed by atoms with E-state index < -0.39 is 24.6 Å². The van der Waals surface area contributed by atoms with Crippen molar-refractivity contribution in [3.63, 3.8) is 0 Å². The van der Waals surface area contributed by atoms with Gasteiger partial charge in [0.25, 0.3) is 0 Å². The van der Waals surface area contributed by atoms with Gasteiger partial charge in [-0.1, -0.05) is 32.6 Å². The molecule has 0 amide bonds. The van der Waals surface area contributed by atoms with Gasteiger partial charge in [-0.25, -0.2) is 13.2 Å². The highest BCUT2D eigenvalue weighted by molar-refractivity contribution is 6.61. The van der Waals surface area contributed by atoms with Crippen LogP contribution in [0, 0.1) is 23.4 Å². The van der Waals surface area contributed by atoms with Crippen molar-refractivity contribution in [2.45, 2.75) is 39.0 Å². The molecular formula is C15H20BF3O2. The Labute approximate surface area is 123 Å². The van der Waals surface area contributed by atoms with E-state index in [1.165, 1.54) is 19.3 Å². The van der Waals surface area contributed by atoms with Crippen LogP contribution >= 0.6 is 0 Å². The molecule has 1 aromatic carbocycles. The van der Waals surface area contributed by atoms with Gasteiger partial charge in [0.2, 0.25) is 0 Å². The van der Waals surface area contributed by atoms with E-state index in [1.54, 1.807) is 0 Å². The molecule has 0 aromatic heterocycles. The van der Waals surface area contributed by atoms with Gasteiger partial charge in [0.1, 0.15) is 0 Å². The Morgan fingerprint density at radius 2 is 1.67 bits per heavy atom. The minimum Gasteiger partial charge on any atom is -0.407 e. The second kappa shape index (κ2) is 7.85. The molecule has 0 N–H and O–H groups in total.